The molecule has 3 N–H and O–H groups in total. The van der Waals surface area contributed by atoms with Crippen LogP contribution in [-0.2, 0) is 4.79 Å². The first-order valence-electron chi connectivity index (χ1n) is 11.6. The Hall–Kier alpha value is -3.54. The Morgan fingerprint density at radius 2 is 1.67 bits per heavy atom. The minimum Gasteiger partial charge on any atom is -0.497 e. The quantitative estimate of drug-likeness (QED) is 0.450. The lowest BCUT2D eigenvalue weighted by atomic mass is 9.83. The van der Waals surface area contributed by atoms with Crippen molar-refractivity contribution in [1.29, 1.82) is 0 Å². The highest BCUT2D eigenvalue weighted by Crippen LogP contribution is 2.25. The first kappa shape index (κ1) is 22.6. The van der Waals surface area contributed by atoms with Crippen molar-refractivity contribution in [3.8, 4) is 5.75 Å². The van der Waals surface area contributed by atoms with Crippen LogP contribution in [0.3, 0.4) is 0 Å². The van der Waals surface area contributed by atoms with E-state index in [0.29, 0.717) is 18.7 Å². The molecule has 0 spiro atoms. The minimum absolute atomic E-state index is 0.00930. The van der Waals surface area contributed by atoms with E-state index in [1.165, 1.54) is 0 Å². The highest BCUT2D eigenvalue weighted by atomic mass is 16.5. The molecule has 6 heteroatoms. The summed E-state index contributed by atoms with van der Waals surface area (Å²) in [5.41, 5.74) is 1.60. The highest BCUT2D eigenvalue weighted by Gasteiger charge is 2.32. The predicted octanol–water partition coefficient (Wildman–Crippen LogP) is 4.37. The lowest BCUT2D eigenvalue weighted by Gasteiger charge is -2.31. The average Bonchev–Trinajstić information content (AvgIpc) is 2.87. The zero-order valence-corrected chi connectivity index (χ0v) is 19.0. The zero-order valence-electron chi connectivity index (χ0n) is 19.0. The van der Waals surface area contributed by atoms with Crippen molar-refractivity contribution < 1.29 is 14.3 Å². The second kappa shape index (κ2) is 10.9. The van der Waals surface area contributed by atoms with Crippen LogP contribution in [0, 0.1) is 5.92 Å². The average molecular weight is 446 g/mol. The maximum atomic E-state index is 12.9. The Labute approximate surface area is 194 Å². The van der Waals surface area contributed by atoms with Crippen molar-refractivity contribution >= 4 is 28.3 Å². The molecular formula is C27H31N3O3. The second-order valence-corrected chi connectivity index (χ2v) is 8.48. The van der Waals surface area contributed by atoms with Crippen LogP contribution in [0.15, 0.2) is 66.7 Å². The van der Waals surface area contributed by atoms with Gasteiger partial charge in [-0.15, -0.1) is 0 Å². The molecule has 33 heavy (non-hydrogen) atoms. The van der Waals surface area contributed by atoms with Crippen LogP contribution in [0.1, 0.15) is 36.0 Å². The maximum absolute atomic E-state index is 12.9. The molecule has 6 nitrogen and oxygen atoms in total. The Morgan fingerprint density at radius 1 is 0.909 bits per heavy atom. The van der Waals surface area contributed by atoms with Crippen LogP contribution < -0.4 is 20.7 Å². The molecule has 2 amide bonds. The van der Waals surface area contributed by atoms with Gasteiger partial charge in [0.2, 0.25) is 5.91 Å². The van der Waals surface area contributed by atoms with Gasteiger partial charge in [0.1, 0.15) is 5.75 Å². The molecule has 4 rings (SSSR count). The molecule has 0 aliphatic heterocycles. The van der Waals surface area contributed by atoms with Gasteiger partial charge in [-0.2, -0.15) is 0 Å². The molecule has 172 valence electrons. The van der Waals surface area contributed by atoms with E-state index >= 15 is 0 Å². The minimum atomic E-state index is -0.204. The van der Waals surface area contributed by atoms with Crippen molar-refractivity contribution in [3.05, 3.63) is 72.3 Å². The van der Waals surface area contributed by atoms with Crippen LogP contribution in [0.25, 0.3) is 10.8 Å². The number of carbonyl (C=O) groups is 2. The van der Waals surface area contributed by atoms with Gasteiger partial charge in [0.05, 0.1) is 13.0 Å². The van der Waals surface area contributed by atoms with Crippen LogP contribution >= 0.6 is 0 Å². The van der Waals surface area contributed by atoms with Gasteiger partial charge in [0, 0.05) is 30.4 Å². The molecular weight excluding hydrogens is 414 g/mol. The van der Waals surface area contributed by atoms with Gasteiger partial charge in [-0.3, -0.25) is 9.59 Å². The molecule has 0 saturated heterocycles. The van der Waals surface area contributed by atoms with Crippen molar-refractivity contribution in [3.63, 3.8) is 0 Å². The molecule has 1 saturated carbocycles. The van der Waals surface area contributed by atoms with Gasteiger partial charge in [0.15, 0.2) is 0 Å². The number of hydrogen-bond acceptors (Lipinski definition) is 4. The van der Waals surface area contributed by atoms with E-state index < -0.39 is 0 Å². The number of hydrogen-bond donors (Lipinski definition) is 3. The van der Waals surface area contributed by atoms with E-state index in [9.17, 15) is 9.59 Å². The third-order valence-electron chi connectivity index (χ3n) is 6.27. The van der Waals surface area contributed by atoms with Crippen LogP contribution in [-0.4, -0.2) is 38.1 Å². The molecule has 1 aliphatic carbocycles. The lowest BCUT2D eigenvalue weighted by Crippen LogP contribution is -2.49. The van der Waals surface area contributed by atoms with E-state index in [0.717, 1.165) is 47.9 Å². The zero-order chi connectivity index (χ0) is 23.0. The van der Waals surface area contributed by atoms with Gasteiger partial charge in [-0.1, -0.05) is 43.2 Å². The Balaban J connectivity index is 1.30. The van der Waals surface area contributed by atoms with Gasteiger partial charge >= 0.3 is 0 Å². The fourth-order valence-electron chi connectivity index (χ4n) is 4.43. The molecule has 1 aliphatic rings. The van der Waals surface area contributed by atoms with Gasteiger partial charge in [-0.05, 0) is 60.0 Å². The summed E-state index contributed by atoms with van der Waals surface area (Å²) in [6.07, 6.45) is 3.64. The van der Waals surface area contributed by atoms with Crippen molar-refractivity contribution in [2.24, 2.45) is 5.92 Å². The number of rotatable bonds is 8. The second-order valence-electron chi connectivity index (χ2n) is 8.48. The number of benzene rings is 3. The smallest absolute Gasteiger partial charge is 0.251 e. The van der Waals surface area contributed by atoms with Crippen molar-refractivity contribution in [1.82, 2.24) is 10.6 Å². The number of anilines is 1. The topological polar surface area (TPSA) is 79.5 Å². The van der Waals surface area contributed by atoms with Crippen molar-refractivity contribution in [2.45, 2.75) is 31.7 Å². The summed E-state index contributed by atoms with van der Waals surface area (Å²) < 4.78 is 5.16. The first-order chi connectivity index (χ1) is 16.1. The standard InChI is InChI=1S/C27H31N3O3/c1-33-23-14-12-22(13-15-23)28-16-17-29-27(32)24-8-4-5-9-25(24)30-26(31)21-11-10-19-6-2-3-7-20(19)18-21/h2-3,6-7,10-15,18,24-25,28H,4-5,8-9,16-17H2,1H3,(H,29,32)(H,30,31)/t24-,25+/m1/s1. The maximum Gasteiger partial charge on any atom is 0.251 e. The van der Waals surface area contributed by atoms with E-state index in [2.05, 4.69) is 16.0 Å². The van der Waals surface area contributed by atoms with Gasteiger partial charge < -0.3 is 20.7 Å². The molecule has 0 heterocycles. The van der Waals surface area contributed by atoms with Crippen LogP contribution in [0.4, 0.5) is 5.69 Å². The number of amides is 2. The predicted molar refractivity (Wildman–Crippen MR) is 132 cm³/mol. The van der Waals surface area contributed by atoms with Crippen LogP contribution in [0.5, 0.6) is 5.75 Å². The fraction of sp³-hybridized carbons (Fsp3) is 0.333. The molecule has 1 fully saturated rings. The molecule has 0 radical (unpaired) electrons. The highest BCUT2D eigenvalue weighted by molar-refractivity contribution is 5.99. The van der Waals surface area contributed by atoms with Gasteiger partial charge in [0.25, 0.3) is 5.91 Å². The monoisotopic (exact) mass is 445 g/mol. The Bertz CT molecular complexity index is 1100. The number of fused-ring (bicyclic) bond motifs is 1. The molecule has 2 atom stereocenters. The van der Waals surface area contributed by atoms with E-state index in [1.807, 2.05) is 66.7 Å². The van der Waals surface area contributed by atoms with E-state index in [1.54, 1.807) is 7.11 Å². The number of carbonyl (C=O) groups excluding carboxylic acids is 2. The third kappa shape index (κ3) is 5.83. The van der Waals surface area contributed by atoms with Crippen LogP contribution in [0.2, 0.25) is 0 Å². The Morgan fingerprint density at radius 3 is 2.45 bits per heavy atom. The summed E-state index contributed by atoms with van der Waals surface area (Å²) in [6, 6.07) is 21.2. The molecule has 3 aromatic carbocycles. The van der Waals surface area contributed by atoms with Crippen molar-refractivity contribution in [2.75, 3.05) is 25.5 Å². The summed E-state index contributed by atoms with van der Waals surface area (Å²) >= 11 is 0. The van der Waals surface area contributed by atoms with Gasteiger partial charge in [-0.25, -0.2) is 0 Å². The molecule has 0 aromatic heterocycles. The normalized spacial score (nSPS) is 17.8. The lowest BCUT2D eigenvalue weighted by molar-refractivity contribution is -0.126. The largest absolute Gasteiger partial charge is 0.497 e. The summed E-state index contributed by atoms with van der Waals surface area (Å²) in [4.78, 5) is 25.8. The number of methoxy groups -OCH3 is 1. The fourth-order valence-corrected chi connectivity index (χ4v) is 4.43. The van der Waals surface area contributed by atoms with E-state index in [4.69, 9.17) is 4.74 Å². The Kier molecular flexibility index (Phi) is 7.45. The number of nitrogens with one attached hydrogen (secondary N) is 3. The SMILES string of the molecule is COc1ccc(NCCNC(=O)[C@@H]2CCCC[C@@H]2NC(=O)c2ccc3ccccc3c2)cc1. The molecule has 0 bridgehead atoms. The summed E-state index contributed by atoms with van der Waals surface area (Å²) in [7, 11) is 1.64. The first-order valence-corrected chi connectivity index (χ1v) is 11.6. The van der Waals surface area contributed by atoms with E-state index in [-0.39, 0.29) is 23.8 Å². The summed E-state index contributed by atoms with van der Waals surface area (Å²) in [5.74, 6) is 0.494. The molecule has 3 aromatic rings. The third-order valence-corrected chi connectivity index (χ3v) is 6.27. The number of ether oxygens (including phenoxy) is 1. The summed E-state index contributed by atoms with van der Waals surface area (Å²) in [5, 5.41) is 11.6. The molecule has 0 unspecified atom stereocenters. The summed E-state index contributed by atoms with van der Waals surface area (Å²) in [6.45, 7) is 1.14.